The predicted octanol–water partition coefficient (Wildman–Crippen LogP) is 3.75. The third kappa shape index (κ3) is 4.65. The Bertz CT molecular complexity index is 1020. The molecule has 0 aliphatic heterocycles. The van der Waals surface area contributed by atoms with Crippen LogP contribution in [0.3, 0.4) is 0 Å². The zero-order valence-corrected chi connectivity index (χ0v) is 17.4. The van der Waals surface area contributed by atoms with Crippen LogP contribution in [0.1, 0.15) is 55.0 Å². The van der Waals surface area contributed by atoms with Gasteiger partial charge in [0.25, 0.3) is 5.91 Å². The summed E-state index contributed by atoms with van der Waals surface area (Å²) in [6.07, 6.45) is 0.867. The summed E-state index contributed by atoms with van der Waals surface area (Å²) in [4.78, 5) is 30.0. The van der Waals surface area contributed by atoms with Gasteiger partial charge in [0, 0.05) is 11.6 Å². The average Bonchev–Trinajstić information content (AvgIpc) is 3.06. The predicted molar refractivity (Wildman–Crippen MR) is 115 cm³/mol. The maximum Gasteiger partial charge on any atom is 0.252 e. The zero-order chi connectivity index (χ0) is 21.0. The van der Waals surface area contributed by atoms with Gasteiger partial charge < -0.3 is 15.2 Å². The van der Waals surface area contributed by atoms with E-state index in [-0.39, 0.29) is 30.4 Å². The maximum atomic E-state index is 12.8. The van der Waals surface area contributed by atoms with Gasteiger partial charge in [0.2, 0.25) is 5.91 Å². The normalized spacial score (nSPS) is 13.1. The van der Waals surface area contributed by atoms with Gasteiger partial charge in [-0.2, -0.15) is 0 Å². The number of rotatable bonds is 7. The van der Waals surface area contributed by atoms with Crippen LogP contribution in [0.5, 0.6) is 0 Å². The number of nitrogens with one attached hydrogen (secondary N) is 2. The fraction of sp³-hybridized carbons (Fsp3) is 0.348. The van der Waals surface area contributed by atoms with Crippen molar-refractivity contribution in [3.63, 3.8) is 0 Å². The number of nitrogens with zero attached hydrogens (tertiary/aromatic N) is 2. The van der Waals surface area contributed by atoms with Crippen molar-refractivity contribution >= 4 is 22.8 Å². The lowest BCUT2D eigenvalue weighted by Crippen LogP contribution is -2.36. The van der Waals surface area contributed by atoms with Crippen LogP contribution in [0.2, 0.25) is 0 Å². The van der Waals surface area contributed by atoms with Crippen LogP contribution in [0.15, 0.2) is 48.5 Å². The number of amides is 2. The zero-order valence-electron chi connectivity index (χ0n) is 17.4. The third-order valence-electron chi connectivity index (χ3n) is 5.13. The van der Waals surface area contributed by atoms with E-state index in [2.05, 4.69) is 10.6 Å². The Hall–Kier alpha value is -3.15. The molecule has 2 unspecified atom stereocenters. The molecule has 3 aromatic rings. The van der Waals surface area contributed by atoms with E-state index >= 15 is 0 Å². The van der Waals surface area contributed by atoms with Gasteiger partial charge in [-0.3, -0.25) is 9.59 Å². The molecule has 152 valence electrons. The molecule has 3 rings (SSSR count). The molecular formula is C23H28N4O2. The van der Waals surface area contributed by atoms with Crippen LogP contribution in [-0.4, -0.2) is 27.4 Å². The molecule has 0 fully saturated rings. The number of carbonyl (C=O) groups is 2. The minimum Gasteiger partial charge on any atom is -0.352 e. The summed E-state index contributed by atoms with van der Waals surface area (Å²) in [6, 6.07) is 14.9. The summed E-state index contributed by atoms with van der Waals surface area (Å²) in [5.74, 6) is 0.437. The van der Waals surface area contributed by atoms with Crippen LogP contribution < -0.4 is 10.6 Å². The highest BCUT2D eigenvalue weighted by atomic mass is 16.2. The second kappa shape index (κ2) is 8.90. The van der Waals surface area contributed by atoms with E-state index in [1.54, 1.807) is 6.07 Å². The molecule has 2 amide bonds. The number of para-hydroxylation sites is 2. The molecule has 2 N–H and O–H groups in total. The maximum absolute atomic E-state index is 12.8. The van der Waals surface area contributed by atoms with Gasteiger partial charge in [-0.05, 0) is 51.0 Å². The van der Waals surface area contributed by atoms with Gasteiger partial charge in [0.05, 0.1) is 17.1 Å². The summed E-state index contributed by atoms with van der Waals surface area (Å²) in [6.45, 7) is 7.97. The highest BCUT2D eigenvalue weighted by Gasteiger charge is 2.21. The monoisotopic (exact) mass is 392 g/mol. The Morgan fingerprint density at radius 3 is 2.45 bits per heavy atom. The molecule has 2 aromatic carbocycles. The van der Waals surface area contributed by atoms with Gasteiger partial charge in [-0.1, -0.05) is 37.3 Å². The molecule has 2 atom stereocenters. The van der Waals surface area contributed by atoms with Crippen LogP contribution in [0.25, 0.3) is 11.0 Å². The standard InChI is InChI=1S/C23H28N4O2/c1-5-16(3)24-21(28)14-27-20-13-9-8-12-19(20)26-22(27)17(4)25-23(29)18-11-7-6-10-15(18)2/h6-13,16-17H,5,14H2,1-4H3,(H,24,28)(H,25,29). The SMILES string of the molecule is CCC(C)NC(=O)Cn1c(C(C)NC(=O)c2ccccc2C)nc2ccccc21. The molecule has 0 saturated carbocycles. The summed E-state index contributed by atoms with van der Waals surface area (Å²) >= 11 is 0. The quantitative estimate of drug-likeness (QED) is 0.643. The lowest BCUT2D eigenvalue weighted by molar-refractivity contribution is -0.122. The van der Waals surface area contributed by atoms with Gasteiger partial charge in [-0.15, -0.1) is 0 Å². The summed E-state index contributed by atoms with van der Waals surface area (Å²) in [5, 5.41) is 6.02. The molecule has 6 nitrogen and oxygen atoms in total. The van der Waals surface area contributed by atoms with Crippen molar-refractivity contribution in [1.82, 2.24) is 20.2 Å². The average molecular weight is 393 g/mol. The first-order valence-corrected chi connectivity index (χ1v) is 10.0. The van der Waals surface area contributed by atoms with Gasteiger partial charge >= 0.3 is 0 Å². The van der Waals surface area contributed by atoms with E-state index in [4.69, 9.17) is 4.98 Å². The van der Waals surface area contributed by atoms with Crippen LogP contribution >= 0.6 is 0 Å². The van der Waals surface area contributed by atoms with Gasteiger partial charge in [0.1, 0.15) is 12.4 Å². The van der Waals surface area contributed by atoms with E-state index in [9.17, 15) is 9.59 Å². The molecule has 6 heteroatoms. The van der Waals surface area contributed by atoms with E-state index < -0.39 is 0 Å². The second-order valence-electron chi connectivity index (χ2n) is 7.43. The Morgan fingerprint density at radius 1 is 1.03 bits per heavy atom. The number of aromatic nitrogens is 2. The van der Waals surface area contributed by atoms with E-state index in [0.717, 1.165) is 23.0 Å². The third-order valence-corrected chi connectivity index (χ3v) is 5.13. The number of carbonyl (C=O) groups excluding carboxylic acids is 2. The first kappa shape index (κ1) is 20.6. The van der Waals surface area contributed by atoms with E-state index in [1.807, 2.05) is 74.7 Å². The molecule has 0 spiro atoms. The lowest BCUT2D eigenvalue weighted by atomic mass is 10.1. The molecule has 29 heavy (non-hydrogen) atoms. The van der Waals surface area contributed by atoms with Crippen molar-refractivity contribution in [1.29, 1.82) is 0 Å². The van der Waals surface area contributed by atoms with E-state index in [1.165, 1.54) is 0 Å². The van der Waals surface area contributed by atoms with Crippen molar-refractivity contribution in [2.45, 2.75) is 52.7 Å². The number of benzene rings is 2. The van der Waals surface area contributed by atoms with Crippen molar-refractivity contribution in [2.75, 3.05) is 0 Å². The first-order valence-electron chi connectivity index (χ1n) is 10.0. The van der Waals surface area contributed by atoms with Crippen molar-refractivity contribution < 1.29 is 9.59 Å². The van der Waals surface area contributed by atoms with Crippen molar-refractivity contribution in [3.8, 4) is 0 Å². The molecule has 1 heterocycles. The fourth-order valence-electron chi connectivity index (χ4n) is 3.32. The minimum atomic E-state index is -0.356. The molecule has 0 radical (unpaired) electrons. The van der Waals surface area contributed by atoms with Crippen LogP contribution in [0, 0.1) is 6.92 Å². The largest absolute Gasteiger partial charge is 0.352 e. The topological polar surface area (TPSA) is 76.0 Å². The summed E-state index contributed by atoms with van der Waals surface area (Å²) in [7, 11) is 0. The lowest BCUT2D eigenvalue weighted by Gasteiger charge is -2.18. The van der Waals surface area contributed by atoms with Crippen LogP contribution in [-0.2, 0) is 11.3 Å². The summed E-state index contributed by atoms with van der Waals surface area (Å²) in [5.41, 5.74) is 3.23. The number of fused-ring (bicyclic) bond motifs is 1. The minimum absolute atomic E-state index is 0.0683. The molecule has 1 aromatic heterocycles. The van der Waals surface area contributed by atoms with E-state index in [0.29, 0.717) is 11.4 Å². The number of hydrogen-bond donors (Lipinski definition) is 2. The smallest absolute Gasteiger partial charge is 0.252 e. The molecule has 0 aliphatic carbocycles. The summed E-state index contributed by atoms with van der Waals surface area (Å²) < 4.78 is 1.88. The molecular weight excluding hydrogens is 364 g/mol. The Morgan fingerprint density at radius 2 is 1.72 bits per heavy atom. The van der Waals surface area contributed by atoms with Gasteiger partial charge in [-0.25, -0.2) is 4.98 Å². The Labute approximate surface area is 171 Å². The van der Waals surface area contributed by atoms with Crippen LogP contribution in [0.4, 0.5) is 0 Å². The van der Waals surface area contributed by atoms with Crippen molar-refractivity contribution in [2.24, 2.45) is 0 Å². The highest BCUT2D eigenvalue weighted by molar-refractivity contribution is 5.95. The Kier molecular flexibility index (Phi) is 6.32. The first-order chi connectivity index (χ1) is 13.9. The number of aryl methyl sites for hydroxylation is 1. The molecule has 0 saturated heterocycles. The number of imidazole rings is 1. The fourth-order valence-corrected chi connectivity index (χ4v) is 3.32. The molecule has 0 bridgehead atoms. The molecule has 0 aliphatic rings. The highest BCUT2D eigenvalue weighted by Crippen LogP contribution is 2.21. The Balaban J connectivity index is 1.88. The second-order valence-corrected chi connectivity index (χ2v) is 7.43. The number of hydrogen-bond acceptors (Lipinski definition) is 3. The van der Waals surface area contributed by atoms with Gasteiger partial charge in [0.15, 0.2) is 0 Å². The van der Waals surface area contributed by atoms with Crippen molar-refractivity contribution in [3.05, 3.63) is 65.5 Å².